The first-order chi connectivity index (χ1) is 7.95. The first-order valence-electron chi connectivity index (χ1n) is 5.36. The van der Waals surface area contributed by atoms with E-state index >= 15 is 0 Å². The van der Waals surface area contributed by atoms with Crippen LogP contribution in [0, 0.1) is 5.92 Å². The van der Waals surface area contributed by atoms with Crippen molar-refractivity contribution in [2.24, 2.45) is 11.7 Å². The summed E-state index contributed by atoms with van der Waals surface area (Å²) < 4.78 is 0. The number of hydrogen-bond donors (Lipinski definition) is 2. The normalized spacial score (nSPS) is 17.6. The highest BCUT2D eigenvalue weighted by molar-refractivity contribution is 7.80. The van der Waals surface area contributed by atoms with Gasteiger partial charge in [0.2, 0.25) is 17.7 Å². The maximum atomic E-state index is 12.0. The standard InChI is InChI=1S/C10H15N3O3S/c1-2-3-6(9(11)17)10(16)13-4-7(14)12-8(15)5-13/h6H,2-5H2,1H3,(H2,11,17)(H,12,14,15). The zero-order chi connectivity index (χ0) is 13.0. The molecule has 0 spiro atoms. The van der Waals surface area contributed by atoms with Gasteiger partial charge in [0.1, 0.15) is 13.1 Å². The van der Waals surface area contributed by atoms with Crippen LogP contribution < -0.4 is 11.1 Å². The van der Waals surface area contributed by atoms with Gasteiger partial charge in [0.15, 0.2) is 0 Å². The van der Waals surface area contributed by atoms with E-state index in [1.54, 1.807) is 0 Å². The van der Waals surface area contributed by atoms with Crippen molar-refractivity contribution in [2.45, 2.75) is 19.8 Å². The molecule has 1 unspecified atom stereocenters. The van der Waals surface area contributed by atoms with Crippen molar-refractivity contribution in [1.82, 2.24) is 10.2 Å². The van der Waals surface area contributed by atoms with E-state index in [1.807, 2.05) is 6.92 Å². The Balaban J connectivity index is 2.76. The van der Waals surface area contributed by atoms with Crippen LogP contribution in [0.5, 0.6) is 0 Å². The number of amides is 3. The number of imide groups is 1. The molecule has 0 aromatic rings. The first-order valence-corrected chi connectivity index (χ1v) is 5.77. The molecule has 0 aromatic heterocycles. The molecule has 17 heavy (non-hydrogen) atoms. The SMILES string of the molecule is CCCC(C(=O)N1CC(=O)NC(=O)C1)C(N)=S. The van der Waals surface area contributed by atoms with Crippen LogP contribution in [0.3, 0.4) is 0 Å². The van der Waals surface area contributed by atoms with Gasteiger partial charge in [-0.2, -0.15) is 0 Å². The summed E-state index contributed by atoms with van der Waals surface area (Å²) in [5.41, 5.74) is 5.50. The molecule has 0 bridgehead atoms. The molecule has 3 N–H and O–H groups in total. The van der Waals surface area contributed by atoms with E-state index in [1.165, 1.54) is 4.90 Å². The second-order valence-corrected chi connectivity index (χ2v) is 4.38. The zero-order valence-electron chi connectivity index (χ0n) is 9.56. The summed E-state index contributed by atoms with van der Waals surface area (Å²) in [7, 11) is 0. The number of hydrogen-bond acceptors (Lipinski definition) is 4. The number of rotatable bonds is 4. The minimum absolute atomic E-state index is 0.107. The van der Waals surface area contributed by atoms with Crippen molar-refractivity contribution in [3.8, 4) is 0 Å². The Kier molecular flexibility index (Phi) is 4.56. The molecule has 94 valence electrons. The van der Waals surface area contributed by atoms with Gasteiger partial charge >= 0.3 is 0 Å². The molecule has 1 aliphatic rings. The summed E-state index contributed by atoms with van der Waals surface area (Å²) >= 11 is 4.83. The van der Waals surface area contributed by atoms with E-state index in [-0.39, 0.29) is 24.0 Å². The van der Waals surface area contributed by atoms with Crippen molar-refractivity contribution in [2.75, 3.05) is 13.1 Å². The van der Waals surface area contributed by atoms with Crippen LogP contribution in [0.4, 0.5) is 0 Å². The number of thiocarbonyl (C=S) groups is 1. The van der Waals surface area contributed by atoms with E-state index in [2.05, 4.69) is 5.32 Å². The maximum Gasteiger partial charge on any atom is 0.246 e. The highest BCUT2D eigenvalue weighted by atomic mass is 32.1. The van der Waals surface area contributed by atoms with Crippen molar-refractivity contribution < 1.29 is 14.4 Å². The fourth-order valence-corrected chi connectivity index (χ4v) is 1.91. The lowest BCUT2D eigenvalue weighted by atomic mass is 10.0. The Labute approximate surface area is 105 Å². The molecule has 1 fully saturated rings. The van der Waals surface area contributed by atoms with Gasteiger partial charge in [-0.25, -0.2) is 0 Å². The van der Waals surface area contributed by atoms with Crippen molar-refractivity contribution in [3.63, 3.8) is 0 Å². The third-order valence-electron chi connectivity index (χ3n) is 2.48. The van der Waals surface area contributed by atoms with E-state index in [4.69, 9.17) is 18.0 Å². The molecule has 1 atom stereocenters. The van der Waals surface area contributed by atoms with Gasteiger partial charge < -0.3 is 10.6 Å². The Bertz CT molecular complexity index is 354. The summed E-state index contributed by atoms with van der Waals surface area (Å²) in [4.78, 5) is 35.6. The van der Waals surface area contributed by atoms with E-state index < -0.39 is 17.7 Å². The van der Waals surface area contributed by atoms with Gasteiger partial charge in [-0.3, -0.25) is 19.7 Å². The molecule has 1 heterocycles. The lowest BCUT2D eigenvalue weighted by Crippen LogP contribution is -2.55. The molecule has 1 saturated heterocycles. The monoisotopic (exact) mass is 257 g/mol. The Morgan fingerprint density at radius 1 is 1.47 bits per heavy atom. The van der Waals surface area contributed by atoms with Crippen molar-refractivity contribution in [1.29, 1.82) is 0 Å². The highest BCUT2D eigenvalue weighted by Crippen LogP contribution is 2.12. The van der Waals surface area contributed by atoms with Gasteiger partial charge in [0.05, 0.1) is 10.9 Å². The van der Waals surface area contributed by atoms with Crippen molar-refractivity contribution >= 4 is 34.9 Å². The summed E-state index contributed by atoms with van der Waals surface area (Å²) in [5, 5.41) is 2.13. The van der Waals surface area contributed by atoms with Gasteiger partial charge in [0.25, 0.3) is 0 Å². The number of nitrogens with zero attached hydrogens (tertiary/aromatic N) is 1. The van der Waals surface area contributed by atoms with E-state index in [0.29, 0.717) is 6.42 Å². The molecule has 7 heteroatoms. The second-order valence-electron chi connectivity index (χ2n) is 3.91. The number of piperazine rings is 1. The van der Waals surface area contributed by atoms with Gasteiger partial charge in [-0.15, -0.1) is 0 Å². The maximum absolute atomic E-state index is 12.0. The van der Waals surface area contributed by atoms with Crippen LogP contribution in [-0.2, 0) is 14.4 Å². The molecule has 0 radical (unpaired) electrons. The highest BCUT2D eigenvalue weighted by Gasteiger charge is 2.31. The van der Waals surface area contributed by atoms with Crippen LogP contribution in [0.15, 0.2) is 0 Å². The average Bonchev–Trinajstić information content (AvgIpc) is 2.23. The number of carbonyl (C=O) groups is 3. The van der Waals surface area contributed by atoms with Crippen LogP contribution >= 0.6 is 12.2 Å². The number of carbonyl (C=O) groups excluding carboxylic acids is 3. The van der Waals surface area contributed by atoms with Crippen LogP contribution in [0.2, 0.25) is 0 Å². The average molecular weight is 257 g/mol. The van der Waals surface area contributed by atoms with Gasteiger partial charge in [-0.1, -0.05) is 25.6 Å². The van der Waals surface area contributed by atoms with Crippen molar-refractivity contribution in [3.05, 3.63) is 0 Å². The molecule has 0 aromatic carbocycles. The predicted octanol–water partition coefficient (Wildman–Crippen LogP) is -0.826. The Hall–Kier alpha value is -1.50. The van der Waals surface area contributed by atoms with Crippen LogP contribution in [0.25, 0.3) is 0 Å². The molecule has 6 nitrogen and oxygen atoms in total. The Morgan fingerprint density at radius 2 is 2.00 bits per heavy atom. The summed E-state index contributed by atoms with van der Waals surface area (Å²) in [6.07, 6.45) is 1.28. The topological polar surface area (TPSA) is 92.5 Å². The summed E-state index contributed by atoms with van der Waals surface area (Å²) in [6.45, 7) is 1.67. The smallest absolute Gasteiger partial charge is 0.246 e. The fraction of sp³-hybridized carbons (Fsp3) is 0.600. The van der Waals surface area contributed by atoms with E-state index in [0.717, 1.165) is 6.42 Å². The fourth-order valence-electron chi connectivity index (χ4n) is 1.69. The first kappa shape index (κ1) is 13.6. The largest absolute Gasteiger partial charge is 0.393 e. The number of nitrogens with one attached hydrogen (secondary N) is 1. The second kappa shape index (κ2) is 5.72. The minimum atomic E-state index is -0.589. The molecular formula is C10H15N3O3S. The predicted molar refractivity (Wildman–Crippen MR) is 64.9 cm³/mol. The van der Waals surface area contributed by atoms with Crippen LogP contribution in [-0.4, -0.2) is 40.7 Å². The summed E-state index contributed by atoms with van der Waals surface area (Å²) in [6, 6.07) is 0. The lowest BCUT2D eigenvalue weighted by Gasteiger charge is -2.28. The lowest BCUT2D eigenvalue weighted by molar-refractivity contribution is -0.146. The molecule has 3 amide bonds. The molecule has 1 rings (SSSR count). The molecule has 1 aliphatic heterocycles. The molecule has 0 aliphatic carbocycles. The third-order valence-corrected chi connectivity index (χ3v) is 2.76. The zero-order valence-corrected chi connectivity index (χ0v) is 10.4. The molecular weight excluding hydrogens is 242 g/mol. The van der Waals surface area contributed by atoms with Gasteiger partial charge in [0, 0.05) is 0 Å². The molecule has 0 saturated carbocycles. The number of nitrogens with two attached hydrogens (primary N) is 1. The third kappa shape index (κ3) is 3.48. The minimum Gasteiger partial charge on any atom is -0.393 e. The summed E-state index contributed by atoms with van der Waals surface area (Å²) in [5.74, 6) is -1.89. The van der Waals surface area contributed by atoms with Crippen LogP contribution in [0.1, 0.15) is 19.8 Å². The quantitative estimate of drug-likeness (QED) is 0.507. The Morgan fingerprint density at radius 3 is 2.41 bits per heavy atom. The van der Waals surface area contributed by atoms with E-state index in [9.17, 15) is 14.4 Å². The van der Waals surface area contributed by atoms with Gasteiger partial charge in [-0.05, 0) is 6.42 Å².